The lowest BCUT2D eigenvalue weighted by Crippen LogP contribution is -2.12. The topological polar surface area (TPSA) is 63.8 Å². The highest BCUT2D eigenvalue weighted by Crippen LogP contribution is 2.37. The van der Waals surface area contributed by atoms with Crippen molar-refractivity contribution >= 4 is 33.7 Å². The molecule has 6 heteroatoms. The molecular weight excluding hydrogens is 276 g/mol. The van der Waals surface area contributed by atoms with Crippen molar-refractivity contribution in [2.75, 3.05) is 17.6 Å². The van der Waals surface area contributed by atoms with Gasteiger partial charge in [0, 0.05) is 11.9 Å². The first-order valence-corrected chi connectivity index (χ1v) is 7.93. The second-order valence-corrected chi connectivity index (χ2v) is 7.60. The van der Waals surface area contributed by atoms with Crippen LogP contribution in [0.15, 0.2) is 5.38 Å². The number of nitrogens with two attached hydrogens (primary N) is 1. The van der Waals surface area contributed by atoms with Gasteiger partial charge < -0.3 is 11.1 Å². The average molecular weight is 296 g/mol. The van der Waals surface area contributed by atoms with E-state index in [1.54, 1.807) is 11.3 Å². The minimum absolute atomic E-state index is 0.320. The first kappa shape index (κ1) is 14.3. The summed E-state index contributed by atoms with van der Waals surface area (Å²) in [7, 11) is 0. The number of hydrogen-bond donors (Lipinski definition) is 2. The van der Waals surface area contributed by atoms with Crippen molar-refractivity contribution in [3.8, 4) is 11.3 Å². The van der Waals surface area contributed by atoms with Gasteiger partial charge in [0.15, 0.2) is 0 Å². The smallest absolute Gasteiger partial charge is 0.148 e. The first-order valence-electron chi connectivity index (χ1n) is 6.28. The molecular formula is C13H20N4S2. The standard InChI is InChI=1S/C13H20N4S2/c1-8-16-9(7-18-8)10-11(14)17-19-12(10)15-6-5-13(2,3)4/h7,15H,5-6H2,1-4H3,(H2,14,17). The molecule has 0 aliphatic heterocycles. The summed E-state index contributed by atoms with van der Waals surface area (Å²) in [6, 6.07) is 0. The van der Waals surface area contributed by atoms with Crippen molar-refractivity contribution in [2.24, 2.45) is 5.41 Å². The molecule has 2 rings (SSSR count). The van der Waals surface area contributed by atoms with Gasteiger partial charge in [0.1, 0.15) is 10.8 Å². The van der Waals surface area contributed by atoms with E-state index in [-0.39, 0.29) is 0 Å². The molecule has 4 nitrogen and oxygen atoms in total. The Morgan fingerprint density at radius 1 is 1.37 bits per heavy atom. The van der Waals surface area contributed by atoms with Gasteiger partial charge >= 0.3 is 0 Å². The predicted octanol–water partition coefficient (Wildman–Crippen LogP) is 4.01. The first-order chi connectivity index (χ1) is 8.87. The molecule has 104 valence electrons. The van der Waals surface area contributed by atoms with E-state index < -0.39 is 0 Å². The van der Waals surface area contributed by atoms with E-state index in [2.05, 4.69) is 35.4 Å². The molecule has 3 N–H and O–H groups in total. The van der Waals surface area contributed by atoms with Crippen LogP contribution in [0.25, 0.3) is 11.3 Å². The number of nitrogens with zero attached hydrogens (tertiary/aromatic N) is 2. The highest BCUT2D eigenvalue weighted by Gasteiger charge is 2.17. The van der Waals surface area contributed by atoms with Crippen LogP contribution in [0.2, 0.25) is 0 Å². The monoisotopic (exact) mass is 296 g/mol. The Hall–Kier alpha value is -1.14. The summed E-state index contributed by atoms with van der Waals surface area (Å²) in [6.07, 6.45) is 1.10. The summed E-state index contributed by atoms with van der Waals surface area (Å²) < 4.78 is 4.24. The van der Waals surface area contributed by atoms with Gasteiger partial charge in [0.05, 0.1) is 16.3 Å². The fraction of sp³-hybridized carbons (Fsp3) is 0.538. The lowest BCUT2D eigenvalue weighted by Gasteiger charge is -2.18. The third-order valence-electron chi connectivity index (χ3n) is 2.75. The average Bonchev–Trinajstić information content (AvgIpc) is 2.84. The van der Waals surface area contributed by atoms with Gasteiger partial charge in [-0.2, -0.15) is 4.37 Å². The van der Waals surface area contributed by atoms with Gasteiger partial charge in [-0.3, -0.25) is 0 Å². The lowest BCUT2D eigenvalue weighted by molar-refractivity contribution is 0.390. The summed E-state index contributed by atoms with van der Waals surface area (Å²) in [4.78, 5) is 4.50. The molecule has 0 atom stereocenters. The molecule has 0 amide bonds. The van der Waals surface area contributed by atoms with Gasteiger partial charge in [-0.25, -0.2) is 4.98 Å². The number of hydrogen-bond acceptors (Lipinski definition) is 6. The van der Waals surface area contributed by atoms with Crippen molar-refractivity contribution < 1.29 is 0 Å². The van der Waals surface area contributed by atoms with Crippen LogP contribution >= 0.6 is 22.9 Å². The second kappa shape index (κ2) is 5.46. The van der Waals surface area contributed by atoms with E-state index >= 15 is 0 Å². The van der Waals surface area contributed by atoms with Crippen molar-refractivity contribution in [1.29, 1.82) is 0 Å². The van der Waals surface area contributed by atoms with E-state index in [0.717, 1.165) is 34.2 Å². The summed E-state index contributed by atoms with van der Waals surface area (Å²) in [5.74, 6) is 0.563. The number of aryl methyl sites for hydroxylation is 1. The SMILES string of the molecule is Cc1nc(-c2c(N)nsc2NCCC(C)(C)C)cs1. The second-order valence-electron chi connectivity index (χ2n) is 5.76. The molecule has 0 bridgehead atoms. The van der Waals surface area contributed by atoms with Crippen LogP contribution in [0.5, 0.6) is 0 Å². The normalized spacial score (nSPS) is 11.8. The van der Waals surface area contributed by atoms with E-state index in [1.165, 1.54) is 11.5 Å². The number of thiazole rings is 1. The quantitative estimate of drug-likeness (QED) is 0.895. The highest BCUT2D eigenvalue weighted by molar-refractivity contribution is 7.11. The predicted molar refractivity (Wildman–Crippen MR) is 84.9 cm³/mol. The Balaban J connectivity index is 2.14. The molecule has 2 heterocycles. The molecule has 19 heavy (non-hydrogen) atoms. The van der Waals surface area contributed by atoms with Crippen molar-refractivity contribution in [2.45, 2.75) is 34.1 Å². The summed E-state index contributed by atoms with van der Waals surface area (Å²) in [5, 5.41) is 7.53. The molecule has 0 spiro atoms. The van der Waals surface area contributed by atoms with Crippen LogP contribution in [-0.4, -0.2) is 15.9 Å². The molecule has 0 aromatic carbocycles. The summed E-state index contributed by atoms with van der Waals surface area (Å²) in [5.41, 5.74) is 8.15. The molecule has 0 aliphatic carbocycles. The van der Waals surface area contributed by atoms with Crippen LogP contribution in [0.1, 0.15) is 32.2 Å². The maximum Gasteiger partial charge on any atom is 0.148 e. The fourth-order valence-electron chi connectivity index (χ4n) is 1.70. The van der Waals surface area contributed by atoms with Gasteiger partial charge in [-0.1, -0.05) is 20.8 Å². The molecule has 0 aliphatic rings. The largest absolute Gasteiger partial charge is 0.382 e. The molecule has 2 aromatic heterocycles. The van der Waals surface area contributed by atoms with Crippen LogP contribution in [0.3, 0.4) is 0 Å². The third kappa shape index (κ3) is 3.67. The lowest BCUT2D eigenvalue weighted by atomic mass is 9.92. The number of nitrogen functional groups attached to an aromatic ring is 1. The van der Waals surface area contributed by atoms with Gasteiger partial charge in [-0.15, -0.1) is 11.3 Å². The van der Waals surface area contributed by atoms with Crippen LogP contribution in [-0.2, 0) is 0 Å². The Labute approximate surface area is 122 Å². The van der Waals surface area contributed by atoms with E-state index in [9.17, 15) is 0 Å². The van der Waals surface area contributed by atoms with Gasteiger partial charge in [0.2, 0.25) is 0 Å². The Morgan fingerprint density at radius 2 is 2.11 bits per heavy atom. The molecule has 0 unspecified atom stereocenters. The third-order valence-corrected chi connectivity index (χ3v) is 4.35. The number of aromatic nitrogens is 2. The minimum atomic E-state index is 0.320. The fourth-order valence-corrected chi connectivity index (χ4v) is 3.05. The molecule has 0 saturated heterocycles. The van der Waals surface area contributed by atoms with Crippen LogP contribution in [0.4, 0.5) is 10.8 Å². The Bertz CT molecular complexity index is 551. The zero-order chi connectivity index (χ0) is 14.0. The number of rotatable bonds is 4. The van der Waals surface area contributed by atoms with E-state index in [1.807, 2.05) is 12.3 Å². The summed E-state index contributed by atoms with van der Waals surface area (Å²) >= 11 is 3.04. The molecule has 0 saturated carbocycles. The maximum absolute atomic E-state index is 5.96. The molecule has 0 fully saturated rings. The highest BCUT2D eigenvalue weighted by atomic mass is 32.1. The van der Waals surface area contributed by atoms with Crippen molar-refractivity contribution in [3.63, 3.8) is 0 Å². The van der Waals surface area contributed by atoms with E-state index in [4.69, 9.17) is 5.73 Å². The molecule has 2 aromatic rings. The zero-order valence-electron chi connectivity index (χ0n) is 11.8. The zero-order valence-corrected chi connectivity index (χ0v) is 13.4. The van der Waals surface area contributed by atoms with Crippen molar-refractivity contribution in [3.05, 3.63) is 10.4 Å². The van der Waals surface area contributed by atoms with Crippen LogP contribution in [0, 0.1) is 12.3 Å². The number of nitrogens with one attached hydrogen (secondary N) is 1. The van der Waals surface area contributed by atoms with Gasteiger partial charge in [-0.05, 0) is 30.3 Å². The number of anilines is 2. The maximum atomic E-state index is 5.96. The van der Waals surface area contributed by atoms with Crippen LogP contribution < -0.4 is 11.1 Å². The Morgan fingerprint density at radius 3 is 2.68 bits per heavy atom. The van der Waals surface area contributed by atoms with Crippen molar-refractivity contribution in [1.82, 2.24) is 9.36 Å². The summed E-state index contributed by atoms with van der Waals surface area (Å²) in [6.45, 7) is 9.62. The Kier molecular flexibility index (Phi) is 4.10. The minimum Gasteiger partial charge on any atom is -0.382 e. The van der Waals surface area contributed by atoms with E-state index in [0.29, 0.717) is 11.2 Å². The molecule has 0 radical (unpaired) electrons. The van der Waals surface area contributed by atoms with Gasteiger partial charge in [0.25, 0.3) is 0 Å².